The van der Waals surface area contributed by atoms with Gasteiger partial charge < -0.3 is 20.1 Å². The summed E-state index contributed by atoms with van der Waals surface area (Å²) in [6.45, 7) is 6.46. The van der Waals surface area contributed by atoms with Crippen molar-refractivity contribution in [1.82, 2.24) is 10.6 Å². The molecule has 0 saturated carbocycles. The van der Waals surface area contributed by atoms with E-state index in [0.29, 0.717) is 6.42 Å². The van der Waals surface area contributed by atoms with Crippen LogP contribution in [0.15, 0.2) is 0 Å². The third-order valence-electron chi connectivity index (χ3n) is 2.43. The molecular formula is C14H24N2O6. The first kappa shape index (κ1) is 19.9. The standard InChI is InChI=1S/C14H24N2O6/c1-6-7-9(16-13(20)22-14(2,3)4)11(18)12(19)15-8-10(17)21-5/h9H,6-8H2,1-5H3,(H,15,19)(H,16,20). The zero-order valence-corrected chi connectivity index (χ0v) is 13.6. The monoisotopic (exact) mass is 316 g/mol. The van der Waals surface area contributed by atoms with Crippen LogP contribution in [-0.4, -0.2) is 49.1 Å². The highest BCUT2D eigenvalue weighted by molar-refractivity contribution is 6.38. The normalized spacial score (nSPS) is 12.0. The fourth-order valence-electron chi connectivity index (χ4n) is 1.48. The van der Waals surface area contributed by atoms with Crippen LogP contribution in [0.1, 0.15) is 40.5 Å². The minimum absolute atomic E-state index is 0.281. The maximum atomic E-state index is 12.0. The molecule has 0 aliphatic heterocycles. The molecule has 2 amide bonds. The molecule has 2 N–H and O–H groups in total. The van der Waals surface area contributed by atoms with Gasteiger partial charge in [-0.3, -0.25) is 14.4 Å². The smallest absolute Gasteiger partial charge is 0.408 e. The fraction of sp³-hybridized carbons (Fsp3) is 0.714. The van der Waals surface area contributed by atoms with Gasteiger partial charge in [-0.25, -0.2) is 4.79 Å². The number of ether oxygens (including phenoxy) is 2. The quantitative estimate of drug-likeness (QED) is 0.524. The molecule has 0 heterocycles. The Kier molecular flexibility index (Phi) is 8.14. The predicted molar refractivity (Wildman–Crippen MR) is 78.1 cm³/mol. The van der Waals surface area contributed by atoms with Gasteiger partial charge in [0.15, 0.2) is 0 Å². The lowest BCUT2D eigenvalue weighted by atomic mass is 10.1. The molecule has 8 heteroatoms. The number of ketones is 1. The molecule has 126 valence electrons. The van der Waals surface area contributed by atoms with Crippen molar-refractivity contribution >= 4 is 23.8 Å². The maximum Gasteiger partial charge on any atom is 0.408 e. The van der Waals surface area contributed by atoms with Gasteiger partial charge in [-0.05, 0) is 27.2 Å². The van der Waals surface area contributed by atoms with Crippen molar-refractivity contribution in [2.24, 2.45) is 0 Å². The van der Waals surface area contributed by atoms with E-state index in [9.17, 15) is 19.2 Å². The molecule has 0 rings (SSSR count). The van der Waals surface area contributed by atoms with Gasteiger partial charge in [0.25, 0.3) is 5.91 Å². The van der Waals surface area contributed by atoms with E-state index < -0.39 is 41.9 Å². The van der Waals surface area contributed by atoms with E-state index in [1.807, 2.05) is 6.92 Å². The Morgan fingerprint density at radius 3 is 2.18 bits per heavy atom. The summed E-state index contributed by atoms with van der Waals surface area (Å²) in [6.07, 6.45) is 0.0836. The van der Waals surface area contributed by atoms with Crippen LogP contribution in [0.3, 0.4) is 0 Å². The molecule has 0 aromatic heterocycles. The number of hydrogen-bond donors (Lipinski definition) is 2. The number of hydrogen-bond acceptors (Lipinski definition) is 6. The van der Waals surface area contributed by atoms with Crippen LogP contribution in [0, 0.1) is 0 Å². The number of nitrogens with one attached hydrogen (secondary N) is 2. The molecule has 0 spiro atoms. The van der Waals surface area contributed by atoms with Crippen LogP contribution >= 0.6 is 0 Å². The average molecular weight is 316 g/mol. The first-order valence-corrected chi connectivity index (χ1v) is 6.99. The highest BCUT2D eigenvalue weighted by atomic mass is 16.6. The predicted octanol–water partition coefficient (Wildman–Crippen LogP) is 0.538. The van der Waals surface area contributed by atoms with E-state index in [2.05, 4.69) is 15.4 Å². The first-order chi connectivity index (χ1) is 10.1. The number of Topliss-reactive ketones (excluding diaryl/α,β-unsaturated/α-hetero) is 1. The summed E-state index contributed by atoms with van der Waals surface area (Å²) in [5.74, 6) is -2.47. The number of carbonyl (C=O) groups is 4. The van der Waals surface area contributed by atoms with Crippen LogP contribution in [0.25, 0.3) is 0 Å². The zero-order chi connectivity index (χ0) is 17.3. The van der Waals surface area contributed by atoms with Gasteiger partial charge in [-0.1, -0.05) is 13.3 Å². The van der Waals surface area contributed by atoms with E-state index >= 15 is 0 Å². The second-order valence-corrected chi connectivity index (χ2v) is 5.61. The molecule has 0 aromatic rings. The van der Waals surface area contributed by atoms with Crippen molar-refractivity contribution in [3.05, 3.63) is 0 Å². The van der Waals surface area contributed by atoms with Gasteiger partial charge in [0, 0.05) is 0 Å². The molecule has 0 aliphatic carbocycles. The summed E-state index contributed by atoms with van der Waals surface area (Å²) in [5, 5.41) is 4.51. The van der Waals surface area contributed by atoms with Crippen molar-refractivity contribution in [2.75, 3.05) is 13.7 Å². The number of carbonyl (C=O) groups excluding carboxylic acids is 4. The molecule has 0 saturated heterocycles. The summed E-state index contributed by atoms with van der Waals surface area (Å²) >= 11 is 0. The largest absolute Gasteiger partial charge is 0.468 e. The number of esters is 1. The van der Waals surface area contributed by atoms with Gasteiger partial charge in [0.1, 0.15) is 18.2 Å². The zero-order valence-electron chi connectivity index (χ0n) is 13.6. The van der Waals surface area contributed by atoms with Crippen molar-refractivity contribution in [3.63, 3.8) is 0 Å². The highest BCUT2D eigenvalue weighted by Crippen LogP contribution is 2.08. The lowest BCUT2D eigenvalue weighted by Gasteiger charge is -2.22. The second-order valence-electron chi connectivity index (χ2n) is 5.61. The minimum atomic E-state index is -1.00. The third kappa shape index (κ3) is 8.23. The molecule has 0 aromatic carbocycles. The van der Waals surface area contributed by atoms with Crippen LogP contribution in [0.5, 0.6) is 0 Å². The molecule has 22 heavy (non-hydrogen) atoms. The van der Waals surface area contributed by atoms with E-state index in [4.69, 9.17) is 4.74 Å². The van der Waals surface area contributed by atoms with Gasteiger partial charge in [-0.15, -0.1) is 0 Å². The lowest BCUT2D eigenvalue weighted by Crippen LogP contribution is -2.49. The molecule has 1 atom stereocenters. The summed E-state index contributed by atoms with van der Waals surface area (Å²) in [6, 6.07) is -1.00. The Morgan fingerprint density at radius 1 is 1.14 bits per heavy atom. The van der Waals surface area contributed by atoms with Gasteiger partial charge in [0.05, 0.1) is 7.11 Å². The van der Waals surface area contributed by atoms with Crippen LogP contribution < -0.4 is 10.6 Å². The van der Waals surface area contributed by atoms with Crippen LogP contribution in [-0.2, 0) is 23.9 Å². The van der Waals surface area contributed by atoms with Crippen LogP contribution in [0.4, 0.5) is 4.79 Å². The van der Waals surface area contributed by atoms with Crippen molar-refractivity contribution in [2.45, 2.75) is 52.2 Å². The number of alkyl carbamates (subject to hydrolysis) is 1. The van der Waals surface area contributed by atoms with Crippen molar-refractivity contribution in [3.8, 4) is 0 Å². The lowest BCUT2D eigenvalue weighted by molar-refractivity contribution is -0.143. The Balaban J connectivity index is 4.65. The first-order valence-electron chi connectivity index (χ1n) is 6.99. The summed E-state index contributed by atoms with van der Waals surface area (Å²) in [7, 11) is 1.17. The molecule has 8 nitrogen and oxygen atoms in total. The Hall–Kier alpha value is -2.12. The molecule has 1 unspecified atom stereocenters. The second kappa shape index (κ2) is 9.01. The fourth-order valence-corrected chi connectivity index (χ4v) is 1.48. The summed E-state index contributed by atoms with van der Waals surface area (Å²) < 4.78 is 9.40. The number of methoxy groups -OCH3 is 1. The van der Waals surface area contributed by atoms with Gasteiger partial charge in [-0.2, -0.15) is 0 Å². The minimum Gasteiger partial charge on any atom is -0.468 e. The van der Waals surface area contributed by atoms with E-state index in [0.717, 1.165) is 0 Å². The molecule has 0 radical (unpaired) electrons. The Labute approximate surface area is 129 Å². The third-order valence-corrected chi connectivity index (χ3v) is 2.43. The van der Waals surface area contributed by atoms with E-state index in [1.165, 1.54) is 7.11 Å². The van der Waals surface area contributed by atoms with Crippen molar-refractivity contribution in [1.29, 1.82) is 0 Å². The summed E-state index contributed by atoms with van der Waals surface area (Å²) in [5.41, 5.74) is -0.711. The highest BCUT2D eigenvalue weighted by Gasteiger charge is 2.28. The maximum absolute atomic E-state index is 12.0. The molecule has 0 aliphatic rings. The number of amides is 2. The van der Waals surface area contributed by atoms with E-state index in [-0.39, 0.29) is 6.42 Å². The van der Waals surface area contributed by atoms with Gasteiger partial charge in [0.2, 0.25) is 5.78 Å². The average Bonchev–Trinajstić information content (AvgIpc) is 2.40. The van der Waals surface area contributed by atoms with E-state index in [1.54, 1.807) is 20.8 Å². The SMILES string of the molecule is CCCC(NC(=O)OC(C)(C)C)C(=O)C(=O)NCC(=O)OC. The Morgan fingerprint density at radius 2 is 1.73 bits per heavy atom. The summed E-state index contributed by atoms with van der Waals surface area (Å²) in [4.78, 5) is 46.3. The van der Waals surface area contributed by atoms with Crippen molar-refractivity contribution < 1.29 is 28.7 Å². The topological polar surface area (TPSA) is 111 Å². The molecular weight excluding hydrogens is 292 g/mol. The van der Waals surface area contributed by atoms with Gasteiger partial charge >= 0.3 is 12.1 Å². The number of rotatable bonds is 7. The Bertz CT molecular complexity index is 428. The molecule has 0 bridgehead atoms. The van der Waals surface area contributed by atoms with Crippen LogP contribution in [0.2, 0.25) is 0 Å². The molecule has 0 fully saturated rings.